The zero-order valence-corrected chi connectivity index (χ0v) is 13.9. The van der Waals surface area contributed by atoms with Gasteiger partial charge in [-0.2, -0.15) is 0 Å². The lowest BCUT2D eigenvalue weighted by Gasteiger charge is -2.29. The van der Waals surface area contributed by atoms with Crippen LogP contribution in [0.15, 0.2) is 36.4 Å². The summed E-state index contributed by atoms with van der Waals surface area (Å²) in [5.41, 5.74) is 2.25. The Hall–Kier alpha value is -2.60. The minimum atomic E-state index is -0.143. The monoisotopic (exact) mass is 327 g/mol. The van der Waals surface area contributed by atoms with E-state index in [0.717, 1.165) is 17.0 Å². The number of carbonyl (C=O) groups is 1. The number of rotatable bonds is 4. The van der Waals surface area contributed by atoms with E-state index in [0.29, 0.717) is 37.7 Å². The average Bonchev–Trinajstić information content (AvgIpc) is 2.67. The van der Waals surface area contributed by atoms with Crippen molar-refractivity contribution in [2.75, 3.05) is 45.4 Å². The number of aromatic nitrogens is 1. The van der Waals surface area contributed by atoms with Crippen LogP contribution in [0.3, 0.4) is 0 Å². The second-order valence-electron chi connectivity index (χ2n) is 5.45. The fraction of sp³-hybridized carbons (Fsp3) is 0.333. The van der Waals surface area contributed by atoms with E-state index in [9.17, 15) is 4.79 Å². The number of benzene rings is 1. The van der Waals surface area contributed by atoms with E-state index in [-0.39, 0.29) is 5.91 Å². The maximum absolute atomic E-state index is 12.2. The first-order valence-corrected chi connectivity index (χ1v) is 7.94. The molecule has 0 spiro atoms. The minimum absolute atomic E-state index is 0.143. The van der Waals surface area contributed by atoms with Crippen LogP contribution in [0.2, 0.25) is 0 Å². The zero-order valence-electron chi connectivity index (χ0n) is 13.9. The molecule has 24 heavy (non-hydrogen) atoms. The lowest BCUT2D eigenvalue weighted by molar-refractivity contribution is 0.0961. The first kappa shape index (κ1) is 16.3. The van der Waals surface area contributed by atoms with Gasteiger partial charge in [0.2, 0.25) is 0 Å². The quantitative estimate of drug-likeness (QED) is 0.930. The van der Waals surface area contributed by atoms with Crippen LogP contribution in [0.4, 0.5) is 5.82 Å². The zero-order chi connectivity index (χ0) is 16.9. The molecule has 0 radical (unpaired) electrons. The molecule has 6 nitrogen and oxygen atoms in total. The topological polar surface area (TPSA) is 63.7 Å². The van der Waals surface area contributed by atoms with Crippen molar-refractivity contribution >= 4 is 11.7 Å². The van der Waals surface area contributed by atoms with Gasteiger partial charge in [0.25, 0.3) is 5.91 Å². The smallest absolute Gasteiger partial charge is 0.254 e. The molecule has 2 aromatic rings. The van der Waals surface area contributed by atoms with Crippen LogP contribution in [0, 0.1) is 0 Å². The second-order valence-corrected chi connectivity index (χ2v) is 5.45. The summed E-state index contributed by atoms with van der Waals surface area (Å²) in [5, 5.41) is 2.68. The molecule has 1 amide bonds. The van der Waals surface area contributed by atoms with Crippen molar-refractivity contribution in [3.63, 3.8) is 0 Å². The largest absolute Gasteiger partial charge is 0.496 e. The normalized spacial score (nSPS) is 14.3. The third-order valence-corrected chi connectivity index (χ3v) is 4.04. The average molecular weight is 327 g/mol. The minimum Gasteiger partial charge on any atom is -0.496 e. The molecule has 0 atom stereocenters. The molecule has 0 unspecified atom stereocenters. The van der Waals surface area contributed by atoms with Crippen LogP contribution in [0.25, 0.3) is 11.3 Å². The molecular formula is C18H21N3O3. The summed E-state index contributed by atoms with van der Waals surface area (Å²) in [6.07, 6.45) is 0. The van der Waals surface area contributed by atoms with Gasteiger partial charge in [-0.1, -0.05) is 12.1 Å². The molecular weight excluding hydrogens is 306 g/mol. The highest BCUT2D eigenvalue weighted by molar-refractivity contribution is 5.99. The Labute approximate surface area is 141 Å². The van der Waals surface area contributed by atoms with Gasteiger partial charge in [-0.3, -0.25) is 4.79 Å². The van der Waals surface area contributed by atoms with E-state index in [4.69, 9.17) is 14.5 Å². The summed E-state index contributed by atoms with van der Waals surface area (Å²) < 4.78 is 10.8. The van der Waals surface area contributed by atoms with Crippen LogP contribution in [-0.2, 0) is 4.74 Å². The lowest BCUT2D eigenvalue weighted by Crippen LogP contribution is -2.38. The summed E-state index contributed by atoms with van der Waals surface area (Å²) in [7, 11) is 3.26. The van der Waals surface area contributed by atoms with Crippen LogP contribution in [0.1, 0.15) is 10.4 Å². The number of amides is 1. The highest BCUT2D eigenvalue weighted by atomic mass is 16.5. The second kappa shape index (κ2) is 7.31. The molecule has 0 bridgehead atoms. The number of pyridine rings is 1. The molecule has 1 aliphatic heterocycles. The highest BCUT2D eigenvalue weighted by Gasteiger charge is 2.21. The Morgan fingerprint density at radius 2 is 1.96 bits per heavy atom. The standard InChI is InChI=1S/C18H21N3O3/c1-19-18(22)14-7-8-15(13-5-3-4-6-16(13)23-2)20-17(14)21-9-11-24-12-10-21/h3-8H,9-12H2,1-2H3,(H,19,22). The molecule has 0 saturated carbocycles. The molecule has 1 aromatic carbocycles. The molecule has 126 valence electrons. The van der Waals surface area contributed by atoms with Crippen LogP contribution in [0.5, 0.6) is 5.75 Å². The molecule has 3 rings (SSSR count). The molecule has 0 aliphatic carbocycles. The van der Waals surface area contributed by atoms with Gasteiger partial charge < -0.3 is 19.7 Å². The molecule has 1 N–H and O–H groups in total. The number of nitrogens with zero attached hydrogens (tertiary/aromatic N) is 2. The molecule has 2 heterocycles. The van der Waals surface area contributed by atoms with E-state index in [1.54, 1.807) is 14.2 Å². The van der Waals surface area contributed by atoms with Gasteiger partial charge in [0.1, 0.15) is 11.6 Å². The summed E-state index contributed by atoms with van der Waals surface area (Å²) in [6, 6.07) is 11.4. The van der Waals surface area contributed by atoms with E-state index in [1.165, 1.54) is 0 Å². The Morgan fingerprint density at radius 3 is 2.67 bits per heavy atom. The maximum Gasteiger partial charge on any atom is 0.254 e. The van der Waals surface area contributed by atoms with Gasteiger partial charge in [-0.05, 0) is 24.3 Å². The van der Waals surface area contributed by atoms with Crippen LogP contribution >= 0.6 is 0 Å². The van der Waals surface area contributed by atoms with Crippen molar-refractivity contribution < 1.29 is 14.3 Å². The molecule has 1 fully saturated rings. The molecule has 1 aromatic heterocycles. The van der Waals surface area contributed by atoms with Crippen molar-refractivity contribution in [2.45, 2.75) is 0 Å². The fourth-order valence-electron chi connectivity index (χ4n) is 2.78. The number of methoxy groups -OCH3 is 1. The van der Waals surface area contributed by atoms with E-state index < -0.39 is 0 Å². The van der Waals surface area contributed by atoms with Crippen molar-refractivity contribution in [3.05, 3.63) is 42.0 Å². The van der Waals surface area contributed by atoms with Crippen LogP contribution < -0.4 is 15.0 Å². The summed E-state index contributed by atoms with van der Waals surface area (Å²) in [6.45, 7) is 2.69. The Morgan fingerprint density at radius 1 is 1.21 bits per heavy atom. The first-order valence-electron chi connectivity index (χ1n) is 7.94. The van der Waals surface area contributed by atoms with E-state index in [2.05, 4.69) is 10.2 Å². The fourth-order valence-corrected chi connectivity index (χ4v) is 2.78. The van der Waals surface area contributed by atoms with Crippen molar-refractivity contribution in [1.82, 2.24) is 10.3 Å². The van der Waals surface area contributed by atoms with Gasteiger partial charge in [0.05, 0.1) is 31.6 Å². The van der Waals surface area contributed by atoms with Gasteiger partial charge in [0.15, 0.2) is 0 Å². The van der Waals surface area contributed by atoms with Crippen molar-refractivity contribution in [3.8, 4) is 17.0 Å². The summed E-state index contributed by atoms with van der Waals surface area (Å²) in [5.74, 6) is 1.29. The Bertz CT molecular complexity index is 727. The van der Waals surface area contributed by atoms with Gasteiger partial charge in [-0.15, -0.1) is 0 Å². The highest BCUT2D eigenvalue weighted by Crippen LogP contribution is 2.31. The predicted octanol–water partition coefficient (Wildman–Crippen LogP) is 1.95. The SMILES string of the molecule is CNC(=O)c1ccc(-c2ccccc2OC)nc1N1CCOCC1. The van der Waals surface area contributed by atoms with E-state index >= 15 is 0 Å². The molecule has 1 aliphatic rings. The van der Waals surface area contributed by atoms with Gasteiger partial charge in [0, 0.05) is 25.7 Å². The number of anilines is 1. The summed E-state index contributed by atoms with van der Waals surface area (Å²) in [4.78, 5) is 19.1. The maximum atomic E-state index is 12.2. The van der Waals surface area contributed by atoms with Crippen LogP contribution in [-0.4, -0.2) is 51.4 Å². The number of hydrogen-bond donors (Lipinski definition) is 1. The molecule has 6 heteroatoms. The summed E-state index contributed by atoms with van der Waals surface area (Å²) >= 11 is 0. The predicted molar refractivity (Wildman–Crippen MR) is 92.6 cm³/mol. The first-order chi connectivity index (χ1) is 11.7. The number of ether oxygens (including phenoxy) is 2. The third-order valence-electron chi connectivity index (χ3n) is 4.04. The Kier molecular flexibility index (Phi) is 4.96. The number of carbonyl (C=O) groups excluding carboxylic acids is 1. The Balaban J connectivity index is 2.08. The lowest BCUT2D eigenvalue weighted by atomic mass is 10.1. The number of para-hydroxylation sites is 1. The molecule has 1 saturated heterocycles. The number of nitrogens with one attached hydrogen (secondary N) is 1. The number of morpholine rings is 1. The third kappa shape index (κ3) is 3.19. The van der Waals surface area contributed by atoms with Gasteiger partial charge >= 0.3 is 0 Å². The number of hydrogen-bond acceptors (Lipinski definition) is 5. The van der Waals surface area contributed by atoms with E-state index in [1.807, 2.05) is 36.4 Å². The van der Waals surface area contributed by atoms with Gasteiger partial charge in [-0.25, -0.2) is 4.98 Å². The van der Waals surface area contributed by atoms with Crippen molar-refractivity contribution in [1.29, 1.82) is 0 Å². The van der Waals surface area contributed by atoms with Crippen molar-refractivity contribution in [2.24, 2.45) is 0 Å².